The molecule has 1 unspecified atom stereocenters. The fourth-order valence-corrected chi connectivity index (χ4v) is 3.84. The molecule has 0 saturated carbocycles. The number of amidine groups is 1. The standard InChI is InChI=1S/C18H20N2O3S.ClH/c1-5-23-17(21)15-12(3)19-18-20(11(2)10-24-18)16(15)13-6-8-14(22-4)9-7-13;/h6-10,16H,5H2,1-4H3;1H/p-1. The van der Waals surface area contributed by atoms with Crippen molar-refractivity contribution in [3.8, 4) is 5.75 Å². The quantitative estimate of drug-likeness (QED) is 0.726. The number of hydrogen-bond acceptors (Lipinski definition) is 6. The molecule has 1 aromatic rings. The van der Waals surface area contributed by atoms with Crippen molar-refractivity contribution in [1.82, 2.24) is 4.90 Å². The third-order valence-electron chi connectivity index (χ3n) is 4.03. The highest BCUT2D eigenvalue weighted by atomic mass is 35.5. The first kappa shape index (κ1) is 19.4. The van der Waals surface area contributed by atoms with Gasteiger partial charge >= 0.3 is 5.97 Å². The normalized spacial score (nSPS) is 18.9. The molecule has 25 heavy (non-hydrogen) atoms. The van der Waals surface area contributed by atoms with Crippen LogP contribution in [0.4, 0.5) is 0 Å². The summed E-state index contributed by atoms with van der Waals surface area (Å²) in [4.78, 5) is 19.3. The molecule has 0 radical (unpaired) electrons. The van der Waals surface area contributed by atoms with E-state index in [1.165, 1.54) is 0 Å². The number of allylic oxidation sites excluding steroid dienone is 2. The molecule has 0 N–H and O–H groups in total. The average molecular weight is 380 g/mol. The maximum absolute atomic E-state index is 12.6. The zero-order valence-corrected chi connectivity index (χ0v) is 16.1. The van der Waals surface area contributed by atoms with Crippen LogP contribution in [-0.4, -0.2) is 29.8 Å². The summed E-state index contributed by atoms with van der Waals surface area (Å²) >= 11 is 1.57. The van der Waals surface area contributed by atoms with Gasteiger partial charge in [-0.2, -0.15) is 0 Å². The molecule has 0 saturated heterocycles. The molecule has 0 spiro atoms. The van der Waals surface area contributed by atoms with Gasteiger partial charge in [-0.1, -0.05) is 23.9 Å². The Morgan fingerprint density at radius 3 is 2.56 bits per heavy atom. The Kier molecular flexibility index (Phi) is 6.19. The topological polar surface area (TPSA) is 51.1 Å². The van der Waals surface area contributed by atoms with Crippen molar-refractivity contribution in [1.29, 1.82) is 0 Å². The molecule has 0 amide bonds. The molecule has 1 aromatic carbocycles. The number of fused-ring (bicyclic) bond motifs is 1. The average Bonchev–Trinajstić information content (AvgIpc) is 2.94. The molecule has 2 aliphatic rings. The van der Waals surface area contributed by atoms with E-state index >= 15 is 0 Å². The maximum Gasteiger partial charge on any atom is 0.338 e. The van der Waals surface area contributed by atoms with Crippen molar-refractivity contribution in [2.45, 2.75) is 26.8 Å². The van der Waals surface area contributed by atoms with E-state index in [0.29, 0.717) is 17.9 Å². The van der Waals surface area contributed by atoms with Crippen LogP contribution in [0.25, 0.3) is 0 Å². The number of ether oxygens (including phenoxy) is 2. The lowest BCUT2D eigenvalue weighted by molar-refractivity contribution is -0.139. The van der Waals surface area contributed by atoms with E-state index in [-0.39, 0.29) is 24.4 Å². The predicted octanol–water partition coefficient (Wildman–Crippen LogP) is 0.857. The molecule has 3 rings (SSSR count). The molecule has 0 fully saturated rings. The predicted molar refractivity (Wildman–Crippen MR) is 95.7 cm³/mol. The van der Waals surface area contributed by atoms with Crippen molar-refractivity contribution in [3.63, 3.8) is 0 Å². The molecule has 134 valence electrons. The Morgan fingerprint density at radius 2 is 1.96 bits per heavy atom. The van der Waals surface area contributed by atoms with Crippen LogP contribution in [0.3, 0.4) is 0 Å². The van der Waals surface area contributed by atoms with Gasteiger partial charge in [0.25, 0.3) is 0 Å². The summed E-state index contributed by atoms with van der Waals surface area (Å²) in [5, 5.41) is 2.94. The zero-order chi connectivity index (χ0) is 17.3. The Bertz CT molecular complexity index is 756. The van der Waals surface area contributed by atoms with E-state index in [2.05, 4.69) is 15.3 Å². The number of carbonyl (C=O) groups excluding carboxylic acids is 1. The largest absolute Gasteiger partial charge is 1.00 e. The van der Waals surface area contributed by atoms with Gasteiger partial charge in [0.1, 0.15) is 5.75 Å². The molecule has 0 aliphatic carbocycles. The van der Waals surface area contributed by atoms with Gasteiger partial charge in [-0.15, -0.1) is 0 Å². The summed E-state index contributed by atoms with van der Waals surface area (Å²) in [5.74, 6) is 0.466. The van der Waals surface area contributed by atoms with Gasteiger partial charge in [-0.3, -0.25) is 0 Å². The minimum Gasteiger partial charge on any atom is -1.00 e. The number of benzene rings is 1. The molecule has 1 atom stereocenters. The first-order chi connectivity index (χ1) is 11.6. The highest BCUT2D eigenvalue weighted by molar-refractivity contribution is 8.16. The summed E-state index contributed by atoms with van der Waals surface area (Å²) in [6, 6.07) is 7.53. The summed E-state index contributed by atoms with van der Waals surface area (Å²) in [6.07, 6.45) is 0. The molecule has 2 heterocycles. The van der Waals surface area contributed by atoms with Gasteiger partial charge in [0.15, 0.2) is 5.17 Å². The SMILES string of the molecule is CCOC(=O)C1=C(C)N=C2SC=C(C)N2C1c1ccc(OC)cc1.[Cl-]. The van der Waals surface area contributed by atoms with Crippen LogP contribution in [0.2, 0.25) is 0 Å². The van der Waals surface area contributed by atoms with Gasteiger partial charge in [-0.05, 0) is 43.9 Å². The van der Waals surface area contributed by atoms with Crippen molar-refractivity contribution in [2.75, 3.05) is 13.7 Å². The van der Waals surface area contributed by atoms with E-state index in [1.807, 2.05) is 45.0 Å². The van der Waals surface area contributed by atoms with Crippen molar-refractivity contribution >= 4 is 22.9 Å². The number of thioether (sulfide) groups is 1. The van der Waals surface area contributed by atoms with E-state index in [9.17, 15) is 4.79 Å². The summed E-state index contributed by atoms with van der Waals surface area (Å²) in [5.41, 5.74) is 3.35. The number of methoxy groups -OCH3 is 1. The first-order valence-corrected chi connectivity index (χ1v) is 8.68. The van der Waals surface area contributed by atoms with Gasteiger partial charge in [0.05, 0.1) is 31.0 Å². The second-order valence-electron chi connectivity index (χ2n) is 5.54. The van der Waals surface area contributed by atoms with Crippen molar-refractivity contribution in [2.24, 2.45) is 4.99 Å². The van der Waals surface area contributed by atoms with Crippen LogP contribution >= 0.6 is 11.8 Å². The lowest BCUT2D eigenvalue weighted by Crippen LogP contribution is -3.00. The number of aliphatic imine (C=N–C) groups is 1. The monoisotopic (exact) mass is 379 g/mol. The number of esters is 1. The molecule has 0 bridgehead atoms. The Labute approximate surface area is 158 Å². The second-order valence-corrected chi connectivity index (χ2v) is 6.37. The minimum atomic E-state index is -0.316. The van der Waals surface area contributed by atoms with E-state index in [1.54, 1.807) is 18.9 Å². The number of halogens is 1. The highest BCUT2D eigenvalue weighted by Gasteiger charge is 2.39. The fraction of sp³-hybridized carbons (Fsp3) is 0.333. The van der Waals surface area contributed by atoms with Crippen LogP contribution < -0.4 is 17.1 Å². The summed E-state index contributed by atoms with van der Waals surface area (Å²) in [7, 11) is 1.64. The lowest BCUT2D eigenvalue weighted by Gasteiger charge is -2.35. The Balaban J connectivity index is 0.00000225. The van der Waals surface area contributed by atoms with E-state index in [0.717, 1.165) is 22.2 Å². The Hall–Kier alpha value is -1.92. The molecular formula is C18H20ClN2O3S-. The Morgan fingerprint density at radius 1 is 1.28 bits per heavy atom. The van der Waals surface area contributed by atoms with Gasteiger partial charge in [-0.25, -0.2) is 9.79 Å². The van der Waals surface area contributed by atoms with E-state index < -0.39 is 0 Å². The number of carbonyl (C=O) groups is 1. The molecule has 2 aliphatic heterocycles. The third-order valence-corrected chi connectivity index (χ3v) is 4.99. The first-order valence-electron chi connectivity index (χ1n) is 7.80. The van der Waals surface area contributed by atoms with Crippen LogP contribution in [0.1, 0.15) is 32.4 Å². The van der Waals surface area contributed by atoms with Crippen molar-refractivity contribution < 1.29 is 26.7 Å². The molecule has 0 aromatic heterocycles. The van der Waals surface area contributed by atoms with Crippen LogP contribution in [-0.2, 0) is 9.53 Å². The second kappa shape index (κ2) is 7.97. The van der Waals surface area contributed by atoms with Crippen molar-refractivity contribution in [3.05, 3.63) is 52.2 Å². The summed E-state index contributed by atoms with van der Waals surface area (Å²) < 4.78 is 10.5. The third kappa shape index (κ3) is 3.55. The van der Waals surface area contributed by atoms with Gasteiger partial charge in [0.2, 0.25) is 0 Å². The fourth-order valence-electron chi connectivity index (χ4n) is 2.90. The molecular weight excluding hydrogens is 360 g/mol. The summed E-state index contributed by atoms with van der Waals surface area (Å²) in [6.45, 7) is 6.03. The smallest absolute Gasteiger partial charge is 0.338 e. The number of nitrogens with zero attached hydrogens (tertiary/aromatic N) is 2. The molecule has 7 heteroatoms. The van der Waals surface area contributed by atoms with Crippen LogP contribution in [0.5, 0.6) is 5.75 Å². The highest BCUT2D eigenvalue weighted by Crippen LogP contribution is 2.43. The van der Waals surface area contributed by atoms with Crippen LogP contribution in [0.15, 0.2) is 51.6 Å². The van der Waals surface area contributed by atoms with Gasteiger partial charge < -0.3 is 26.8 Å². The lowest BCUT2D eigenvalue weighted by atomic mass is 9.94. The van der Waals surface area contributed by atoms with E-state index in [4.69, 9.17) is 9.47 Å². The minimum absolute atomic E-state index is 0. The van der Waals surface area contributed by atoms with Crippen LogP contribution in [0, 0.1) is 0 Å². The van der Waals surface area contributed by atoms with Gasteiger partial charge in [0, 0.05) is 5.70 Å². The zero-order valence-electron chi connectivity index (χ0n) is 14.6. The number of rotatable bonds is 4. The maximum atomic E-state index is 12.6. The number of hydrogen-bond donors (Lipinski definition) is 0. The molecule has 5 nitrogen and oxygen atoms in total.